The van der Waals surface area contributed by atoms with Gasteiger partial charge >= 0.3 is 0 Å². The van der Waals surface area contributed by atoms with Crippen LogP contribution >= 0.6 is 23.4 Å². The molecule has 146 valence electrons. The number of likely N-dealkylation sites (tertiary alicyclic amines) is 1. The molecule has 0 atom stereocenters. The van der Waals surface area contributed by atoms with E-state index in [0.717, 1.165) is 36.7 Å². The fraction of sp³-hybridized carbons (Fsp3) is 0.200. The van der Waals surface area contributed by atoms with E-state index in [2.05, 4.69) is 15.0 Å². The number of furan rings is 1. The number of carbonyl (C=O) groups excluding carboxylic acids is 1. The minimum absolute atomic E-state index is 0.00242. The molecule has 3 aliphatic heterocycles. The smallest absolute Gasteiger partial charge is 0.283 e. The molecule has 4 heterocycles. The van der Waals surface area contributed by atoms with Crippen molar-refractivity contribution >= 4 is 51.5 Å². The molecule has 0 radical (unpaired) electrons. The van der Waals surface area contributed by atoms with Crippen molar-refractivity contribution in [2.24, 2.45) is 10.1 Å². The number of halogens is 1. The van der Waals surface area contributed by atoms with Crippen molar-refractivity contribution < 1.29 is 9.21 Å². The Labute approximate surface area is 176 Å². The Morgan fingerprint density at radius 3 is 2.72 bits per heavy atom. The number of benzene rings is 1. The third kappa shape index (κ3) is 3.28. The summed E-state index contributed by atoms with van der Waals surface area (Å²) in [6.45, 7) is 1.88. The van der Waals surface area contributed by atoms with E-state index in [-0.39, 0.29) is 11.4 Å². The maximum Gasteiger partial charge on any atom is 0.283 e. The number of hydrazone groups is 1. The van der Waals surface area contributed by atoms with Crippen LogP contribution in [0.4, 0.5) is 0 Å². The molecule has 29 heavy (non-hydrogen) atoms. The Kier molecular flexibility index (Phi) is 4.52. The van der Waals surface area contributed by atoms with E-state index in [9.17, 15) is 4.79 Å². The van der Waals surface area contributed by atoms with Crippen LogP contribution in [0.5, 0.6) is 0 Å². The van der Waals surface area contributed by atoms with Crippen LogP contribution in [0.2, 0.25) is 5.02 Å². The molecule has 1 aromatic carbocycles. The summed E-state index contributed by atoms with van der Waals surface area (Å²) in [6.07, 6.45) is 3.78. The minimum atomic E-state index is -0.470. The molecule has 7 nitrogen and oxygen atoms in total. The van der Waals surface area contributed by atoms with E-state index in [4.69, 9.17) is 21.4 Å². The number of fused-ring (bicyclic) bond motifs is 1. The van der Waals surface area contributed by atoms with Crippen molar-refractivity contribution in [3.63, 3.8) is 0 Å². The number of amides is 1. The molecule has 1 amide bonds. The molecule has 5 rings (SSSR count). The number of thioether (sulfide) groups is 1. The minimum Gasteiger partial charge on any atom is -0.457 e. The van der Waals surface area contributed by atoms with Gasteiger partial charge in [0.15, 0.2) is 11.0 Å². The summed E-state index contributed by atoms with van der Waals surface area (Å²) < 4.78 is 5.84. The van der Waals surface area contributed by atoms with Crippen molar-refractivity contribution in [3.8, 4) is 11.3 Å². The molecule has 0 aliphatic carbocycles. The van der Waals surface area contributed by atoms with E-state index >= 15 is 0 Å². The zero-order chi connectivity index (χ0) is 20.0. The van der Waals surface area contributed by atoms with E-state index in [0.29, 0.717) is 21.7 Å². The third-order valence-electron chi connectivity index (χ3n) is 4.87. The predicted molar refractivity (Wildman–Crippen MR) is 115 cm³/mol. The van der Waals surface area contributed by atoms with Gasteiger partial charge in [-0.3, -0.25) is 10.2 Å². The van der Waals surface area contributed by atoms with Crippen LogP contribution in [0.15, 0.2) is 56.5 Å². The van der Waals surface area contributed by atoms with Crippen LogP contribution in [-0.4, -0.2) is 45.1 Å². The predicted octanol–water partition coefficient (Wildman–Crippen LogP) is 4.27. The molecule has 0 spiro atoms. The van der Waals surface area contributed by atoms with Crippen molar-refractivity contribution in [3.05, 3.63) is 52.8 Å². The van der Waals surface area contributed by atoms with Gasteiger partial charge in [0.25, 0.3) is 5.91 Å². The lowest BCUT2D eigenvalue weighted by Gasteiger charge is -2.19. The average molecular weight is 426 g/mol. The Morgan fingerprint density at radius 1 is 1.14 bits per heavy atom. The summed E-state index contributed by atoms with van der Waals surface area (Å²) >= 11 is 7.56. The Balaban J connectivity index is 1.44. The van der Waals surface area contributed by atoms with Gasteiger partial charge in [-0.25, -0.2) is 0 Å². The van der Waals surface area contributed by atoms with Crippen molar-refractivity contribution in [1.82, 2.24) is 9.91 Å². The molecule has 0 unspecified atom stereocenters. The quantitative estimate of drug-likeness (QED) is 0.726. The van der Waals surface area contributed by atoms with Crippen LogP contribution in [0.1, 0.15) is 18.6 Å². The summed E-state index contributed by atoms with van der Waals surface area (Å²) in [5, 5.41) is 16.2. The van der Waals surface area contributed by atoms with Crippen LogP contribution in [0, 0.1) is 5.41 Å². The van der Waals surface area contributed by atoms with Crippen molar-refractivity contribution in [1.29, 1.82) is 5.41 Å². The zero-order valence-electron chi connectivity index (χ0n) is 15.3. The lowest BCUT2D eigenvalue weighted by molar-refractivity contribution is -0.114. The maximum atomic E-state index is 12.5. The molecule has 0 saturated carbocycles. The Hall–Kier alpha value is -2.84. The van der Waals surface area contributed by atoms with Crippen molar-refractivity contribution in [2.75, 3.05) is 13.1 Å². The molecule has 0 bridgehead atoms. The van der Waals surface area contributed by atoms with Gasteiger partial charge in [0.2, 0.25) is 5.17 Å². The first kappa shape index (κ1) is 18.2. The maximum absolute atomic E-state index is 12.5. The SMILES string of the molecule is N=C1/C(=C\c2ccc(-c3ccccc3Cl)o2)C(=O)N=C2SC(N3CCCC3)=NN12. The Bertz CT molecular complexity index is 1110. The monoisotopic (exact) mass is 425 g/mol. The first-order valence-electron chi connectivity index (χ1n) is 9.20. The van der Waals surface area contributed by atoms with E-state index in [1.807, 2.05) is 18.2 Å². The number of rotatable bonds is 2. The number of carbonyl (C=O) groups is 1. The number of aliphatic imine (C=N–C) groups is 1. The summed E-state index contributed by atoms with van der Waals surface area (Å²) in [4.78, 5) is 18.8. The molecular formula is C20H16ClN5O2S. The van der Waals surface area contributed by atoms with Gasteiger partial charge in [0.05, 0.1) is 10.6 Å². The summed E-state index contributed by atoms with van der Waals surface area (Å²) in [6, 6.07) is 10.9. The molecule has 1 aromatic heterocycles. The Morgan fingerprint density at radius 2 is 1.93 bits per heavy atom. The number of hydrogen-bond acceptors (Lipinski definition) is 6. The lowest BCUT2D eigenvalue weighted by Crippen LogP contribution is -2.35. The average Bonchev–Trinajstić information content (AvgIpc) is 3.45. The number of nitrogens with one attached hydrogen (secondary N) is 1. The first-order chi connectivity index (χ1) is 14.1. The number of amidine groups is 3. The number of nitrogens with zero attached hydrogens (tertiary/aromatic N) is 4. The van der Waals surface area contributed by atoms with Gasteiger partial charge < -0.3 is 9.32 Å². The van der Waals surface area contributed by atoms with Crippen LogP contribution in [-0.2, 0) is 4.79 Å². The third-order valence-corrected chi connectivity index (χ3v) is 6.17. The molecule has 1 N–H and O–H groups in total. The largest absolute Gasteiger partial charge is 0.457 e. The molecular weight excluding hydrogens is 410 g/mol. The van der Waals surface area contributed by atoms with E-state index in [1.54, 1.807) is 18.2 Å². The second kappa shape index (κ2) is 7.20. The fourth-order valence-electron chi connectivity index (χ4n) is 3.40. The van der Waals surface area contributed by atoms with E-state index in [1.165, 1.54) is 22.8 Å². The topological polar surface area (TPSA) is 85.3 Å². The van der Waals surface area contributed by atoms with Gasteiger partial charge in [-0.15, -0.1) is 5.10 Å². The highest BCUT2D eigenvalue weighted by Crippen LogP contribution is 2.32. The fourth-order valence-corrected chi connectivity index (χ4v) is 4.57. The van der Waals surface area contributed by atoms with Crippen LogP contribution < -0.4 is 0 Å². The van der Waals surface area contributed by atoms with Gasteiger partial charge in [-0.1, -0.05) is 23.7 Å². The second-order valence-corrected chi connectivity index (χ2v) is 8.12. The number of hydrogen-bond donors (Lipinski definition) is 1. The summed E-state index contributed by atoms with van der Waals surface area (Å²) in [7, 11) is 0. The first-order valence-corrected chi connectivity index (χ1v) is 10.4. The van der Waals surface area contributed by atoms with Crippen LogP contribution in [0.25, 0.3) is 17.4 Å². The zero-order valence-corrected chi connectivity index (χ0v) is 16.8. The normalized spacial score (nSPS) is 20.4. The van der Waals surface area contributed by atoms with Gasteiger partial charge in [0.1, 0.15) is 11.5 Å². The molecule has 1 fully saturated rings. The van der Waals surface area contributed by atoms with Crippen molar-refractivity contribution in [2.45, 2.75) is 12.8 Å². The standard InChI is InChI=1S/C20H16ClN5O2S/c21-15-6-2-1-5-13(15)16-8-7-12(28-16)11-14-17(22)26-19(23-18(14)27)29-20(24-26)25-9-3-4-10-25/h1-2,5-8,11,22H,3-4,9-10H2/b14-11+,22-17?. The molecule has 9 heteroatoms. The second-order valence-electron chi connectivity index (χ2n) is 6.78. The highest BCUT2D eigenvalue weighted by molar-refractivity contribution is 8.26. The van der Waals surface area contributed by atoms with Gasteiger partial charge in [0, 0.05) is 18.7 Å². The summed E-state index contributed by atoms with van der Waals surface area (Å²) in [5.41, 5.74) is 0.904. The van der Waals surface area contributed by atoms with Crippen LogP contribution in [0.3, 0.4) is 0 Å². The highest BCUT2D eigenvalue weighted by Gasteiger charge is 2.37. The molecule has 3 aliphatic rings. The van der Waals surface area contributed by atoms with Gasteiger partial charge in [-0.05, 0) is 54.9 Å². The molecule has 1 saturated heterocycles. The van der Waals surface area contributed by atoms with E-state index < -0.39 is 5.91 Å². The summed E-state index contributed by atoms with van der Waals surface area (Å²) in [5.74, 6) is 0.564. The van der Waals surface area contributed by atoms with Gasteiger partial charge in [-0.2, -0.15) is 10.0 Å². The molecule has 2 aromatic rings. The highest BCUT2D eigenvalue weighted by atomic mass is 35.5. The lowest BCUT2D eigenvalue weighted by atomic mass is 10.1.